The van der Waals surface area contributed by atoms with Crippen molar-refractivity contribution in [2.75, 3.05) is 0 Å². The van der Waals surface area contributed by atoms with Crippen LogP contribution in [0.15, 0.2) is 35.5 Å². The average Bonchev–Trinajstić information content (AvgIpc) is 2.98. The quantitative estimate of drug-likeness (QED) is 0.507. The minimum atomic E-state index is 0.542. The van der Waals surface area contributed by atoms with E-state index in [1.165, 1.54) is 12.8 Å². The van der Waals surface area contributed by atoms with E-state index in [4.69, 9.17) is 4.84 Å². The molecule has 1 aromatic carbocycles. The lowest BCUT2D eigenvalue weighted by Gasteiger charge is -1.97. The van der Waals surface area contributed by atoms with E-state index in [0.29, 0.717) is 12.5 Å². The zero-order chi connectivity index (χ0) is 8.93. The molecule has 0 aromatic heterocycles. The SMILES string of the molecule is [C](=N/OCc1ccccc1)/C1CC1. The molecule has 0 aliphatic heterocycles. The van der Waals surface area contributed by atoms with Gasteiger partial charge in [-0.3, -0.25) is 0 Å². The average molecular weight is 174 g/mol. The third-order valence-corrected chi connectivity index (χ3v) is 1.95. The Bertz CT molecular complexity index is 277. The van der Waals surface area contributed by atoms with Crippen LogP contribution in [-0.4, -0.2) is 6.21 Å². The predicted molar refractivity (Wildman–Crippen MR) is 51.4 cm³/mol. The zero-order valence-corrected chi connectivity index (χ0v) is 7.44. The maximum absolute atomic E-state index is 5.08. The van der Waals surface area contributed by atoms with Crippen LogP contribution in [0, 0.1) is 5.92 Å². The van der Waals surface area contributed by atoms with E-state index < -0.39 is 0 Å². The van der Waals surface area contributed by atoms with Gasteiger partial charge in [0.05, 0.1) is 0 Å². The van der Waals surface area contributed by atoms with Crippen LogP contribution in [0.2, 0.25) is 0 Å². The van der Waals surface area contributed by atoms with Crippen LogP contribution < -0.4 is 0 Å². The molecule has 0 amide bonds. The van der Waals surface area contributed by atoms with Gasteiger partial charge in [0.25, 0.3) is 0 Å². The summed E-state index contributed by atoms with van der Waals surface area (Å²) in [5.41, 5.74) is 1.14. The summed E-state index contributed by atoms with van der Waals surface area (Å²) in [5, 5.41) is 3.78. The number of nitrogens with zero attached hydrogens (tertiary/aromatic N) is 1. The van der Waals surface area contributed by atoms with Gasteiger partial charge in [-0.1, -0.05) is 35.5 Å². The first-order valence-electron chi connectivity index (χ1n) is 4.56. The van der Waals surface area contributed by atoms with Crippen molar-refractivity contribution in [1.82, 2.24) is 0 Å². The molecule has 1 saturated carbocycles. The number of hydrogen-bond donors (Lipinski definition) is 0. The van der Waals surface area contributed by atoms with Gasteiger partial charge in [0, 0.05) is 5.92 Å². The van der Waals surface area contributed by atoms with Crippen LogP contribution in [0.1, 0.15) is 18.4 Å². The summed E-state index contributed by atoms with van der Waals surface area (Å²) in [4.78, 5) is 5.08. The van der Waals surface area contributed by atoms with E-state index in [9.17, 15) is 0 Å². The van der Waals surface area contributed by atoms with Gasteiger partial charge in [-0.2, -0.15) is 0 Å². The minimum absolute atomic E-state index is 0.542. The highest BCUT2D eigenvalue weighted by Crippen LogP contribution is 2.26. The Morgan fingerprint density at radius 3 is 2.77 bits per heavy atom. The van der Waals surface area contributed by atoms with Crippen LogP contribution in [0.5, 0.6) is 0 Å². The summed E-state index contributed by atoms with van der Waals surface area (Å²) < 4.78 is 0. The molecule has 0 heterocycles. The predicted octanol–water partition coefficient (Wildman–Crippen LogP) is 2.48. The zero-order valence-electron chi connectivity index (χ0n) is 7.44. The molecular weight excluding hydrogens is 162 g/mol. The first-order chi connectivity index (χ1) is 6.45. The van der Waals surface area contributed by atoms with Crippen LogP contribution in [-0.2, 0) is 11.4 Å². The summed E-state index contributed by atoms with van der Waals surface area (Å²) in [5.74, 6) is 0.566. The molecule has 1 aliphatic rings. The van der Waals surface area contributed by atoms with E-state index in [1.807, 2.05) is 30.3 Å². The Kier molecular flexibility index (Phi) is 2.60. The Morgan fingerprint density at radius 2 is 2.08 bits per heavy atom. The summed E-state index contributed by atoms with van der Waals surface area (Å²) in [7, 11) is 0. The molecule has 1 radical (unpaired) electrons. The van der Waals surface area contributed by atoms with Crippen molar-refractivity contribution in [3.05, 3.63) is 35.9 Å². The van der Waals surface area contributed by atoms with Crippen molar-refractivity contribution in [2.45, 2.75) is 19.4 Å². The fourth-order valence-electron chi connectivity index (χ4n) is 1.01. The lowest BCUT2D eigenvalue weighted by Crippen LogP contribution is -1.86. The molecule has 1 fully saturated rings. The molecule has 0 saturated heterocycles. The van der Waals surface area contributed by atoms with Crippen LogP contribution in [0.3, 0.4) is 0 Å². The Morgan fingerprint density at radius 1 is 1.31 bits per heavy atom. The summed E-state index contributed by atoms with van der Waals surface area (Å²) >= 11 is 0. The molecule has 0 atom stereocenters. The van der Waals surface area contributed by atoms with Gasteiger partial charge in [0.2, 0.25) is 0 Å². The molecule has 2 rings (SSSR count). The first-order valence-corrected chi connectivity index (χ1v) is 4.56. The van der Waals surface area contributed by atoms with Crippen molar-refractivity contribution >= 4 is 6.21 Å². The van der Waals surface area contributed by atoms with E-state index in [0.717, 1.165) is 5.56 Å². The maximum Gasteiger partial charge on any atom is 0.142 e. The molecule has 0 unspecified atom stereocenters. The molecule has 0 N–H and O–H groups in total. The standard InChI is InChI=1S/C11H12NO/c1-2-4-11(5-3-1)9-13-12-8-10-6-7-10/h1-5,10H,6-7,9H2. The smallest absolute Gasteiger partial charge is 0.142 e. The third kappa shape index (κ3) is 2.90. The van der Waals surface area contributed by atoms with Gasteiger partial charge < -0.3 is 4.84 Å². The van der Waals surface area contributed by atoms with Crippen LogP contribution >= 0.6 is 0 Å². The highest BCUT2D eigenvalue weighted by molar-refractivity contribution is 5.62. The molecule has 67 valence electrons. The van der Waals surface area contributed by atoms with Crippen molar-refractivity contribution in [1.29, 1.82) is 0 Å². The largest absolute Gasteiger partial charge is 0.391 e. The fourth-order valence-corrected chi connectivity index (χ4v) is 1.01. The van der Waals surface area contributed by atoms with Gasteiger partial charge >= 0.3 is 0 Å². The van der Waals surface area contributed by atoms with Gasteiger partial charge in [-0.15, -0.1) is 0 Å². The number of benzene rings is 1. The van der Waals surface area contributed by atoms with E-state index in [1.54, 1.807) is 0 Å². The van der Waals surface area contributed by atoms with Gasteiger partial charge in [-0.05, 0) is 18.4 Å². The second kappa shape index (κ2) is 4.08. The Hall–Kier alpha value is -1.31. The molecule has 2 heteroatoms. The molecular formula is C11H12NO. The van der Waals surface area contributed by atoms with Crippen molar-refractivity contribution < 1.29 is 4.84 Å². The van der Waals surface area contributed by atoms with Crippen molar-refractivity contribution in [3.8, 4) is 0 Å². The van der Waals surface area contributed by atoms with Crippen LogP contribution in [0.4, 0.5) is 0 Å². The number of hydrogen-bond acceptors (Lipinski definition) is 2. The lowest BCUT2D eigenvalue weighted by molar-refractivity contribution is 0.131. The fraction of sp³-hybridized carbons (Fsp3) is 0.364. The first kappa shape index (κ1) is 8.30. The Balaban J connectivity index is 1.73. The van der Waals surface area contributed by atoms with Gasteiger partial charge in [0.1, 0.15) is 12.8 Å². The topological polar surface area (TPSA) is 21.6 Å². The molecule has 0 bridgehead atoms. The van der Waals surface area contributed by atoms with Crippen molar-refractivity contribution in [2.24, 2.45) is 11.1 Å². The second-order valence-electron chi connectivity index (χ2n) is 3.25. The third-order valence-electron chi connectivity index (χ3n) is 1.95. The summed E-state index contributed by atoms with van der Waals surface area (Å²) in [6.45, 7) is 0.542. The minimum Gasteiger partial charge on any atom is -0.391 e. The van der Waals surface area contributed by atoms with E-state index in [-0.39, 0.29) is 0 Å². The maximum atomic E-state index is 5.08. The Labute approximate surface area is 78.2 Å². The van der Waals surface area contributed by atoms with Gasteiger partial charge in [0.15, 0.2) is 0 Å². The van der Waals surface area contributed by atoms with E-state index in [2.05, 4.69) is 11.4 Å². The highest BCUT2D eigenvalue weighted by Gasteiger charge is 2.19. The second-order valence-corrected chi connectivity index (χ2v) is 3.25. The summed E-state index contributed by atoms with van der Waals surface area (Å²) in [6.07, 6.45) is 5.37. The molecule has 13 heavy (non-hydrogen) atoms. The summed E-state index contributed by atoms with van der Waals surface area (Å²) in [6, 6.07) is 10.0. The molecule has 1 aromatic rings. The molecule has 0 spiro atoms. The highest BCUT2D eigenvalue weighted by atomic mass is 16.6. The van der Waals surface area contributed by atoms with Crippen molar-refractivity contribution in [3.63, 3.8) is 0 Å². The van der Waals surface area contributed by atoms with E-state index >= 15 is 0 Å². The lowest BCUT2D eigenvalue weighted by atomic mass is 10.2. The van der Waals surface area contributed by atoms with Crippen LogP contribution in [0.25, 0.3) is 0 Å². The normalized spacial score (nSPS) is 16.3. The van der Waals surface area contributed by atoms with Gasteiger partial charge in [-0.25, -0.2) is 0 Å². The number of rotatable bonds is 4. The monoisotopic (exact) mass is 174 g/mol. The molecule has 1 aliphatic carbocycles. The molecule has 2 nitrogen and oxygen atoms in total.